The van der Waals surface area contributed by atoms with Gasteiger partial charge >= 0.3 is 0 Å². The number of hydrogen-bond acceptors (Lipinski definition) is 1. The Morgan fingerprint density at radius 1 is 1.15 bits per heavy atom. The van der Waals surface area contributed by atoms with Crippen LogP contribution in [0.2, 0.25) is 0 Å². The molecule has 2 nitrogen and oxygen atoms in total. The van der Waals surface area contributed by atoms with Crippen LogP contribution in [0.25, 0.3) is 10.9 Å². The smallest absolute Gasteiger partial charge is 0.0459 e. The Balaban J connectivity index is 2.04. The van der Waals surface area contributed by atoms with E-state index in [-0.39, 0.29) is 5.92 Å². The lowest BCUT2D eigenvalue weighted by molar-refractivity contribution is 0.782. The highest BCUT2D eigenvalue weighted by Crippen LogP contribution is 2.30. The molecule has 2 aromatic rings. The van der Waals surface area contributed by atoms with Gasteiger partial charge in [-0.3, -0.25) is 0 Å². The molecule has 0 bridgehead atoms. The van der Waals surface area contributed by atoms with E-state index in [1.54, 1.807) is 0 Å². The number of aromatic amines is 1. The number of nitrogens with one attached hydrogen (secondary N) is 1. The minimum Gasteiger partial charge on any atom is -0.358 e. The average molecular weight is 266 g/mol. The van der Waals surface area contributed by atoms with Crippen molar-refractivity contribution in [1.82, 2.24) is 4.98 Å². The summed E-state index contributed by atoms with van der Waals surface area (Å²) in [5, 5.41) is 1.28. The monoisotopic (exact) mass is 266 g/mol. The van der Waals surface area contributed by atoms with Gasteiger partial charge in [0, 0.05) is 23.7 Å². The molecule has 0 saturated carbocycles. The summed E-state index contributed by atoms with van der Waals surface area (Å²) in [4.78, 5) is 3.56. The molecular weight excluding hydrogens is 244 g/mol. The summed E-state index contributed by atoms with van der Waals surface area (Å²) in [5.41, 5.74) is 12.5. The maximum Gasteiger partial charge on any atom is 0.0459 e. The molecule has 1 aliphatic carbocycles. The van der Waals surface area contributed by atoms with E-state index in [4.69, 9.17) is 5.73 Å². The second kappa shape index (κ2) is 5.29. The molecular formula is C18H22N2. The van der Waals surface area contributed by atoms with E-state index >= 15 is 0 Å². The molecule has 0 saturated heterocycles. The topological polar surface area (TPSA) is 41.8 Å². The molecule has 1 heterocycles. The molecule has 3 N–H and O–H groups in total. The third kappa shape index (κ3) is 2.32. The molecule has 20 heavy (non-hydrogen) atoms. The van der Waals surface area contributed by atoms with E-state index in [1.165, 1.54) is 33.3 Å². The number of rotatable bonds is 3. The number of H-pyrrole nitrogens is 1. The number of benzene rings is 1. The van der Waals surface area contributed by atoms with Crippen LogP contribution in [0, 0.1) is 13.8 Å². The molecule has 1 aromatic heterocycles. The summed E-state index contributed by atoms with van der Waals surface area (Å²) in [6.45, 7) is 4.96. The zero-order chi connectivity index (χ0) is 14.1. The van der Waals surface area contributed by atoms with Gasteiger partial charge in [-0.05, 0) is 67.0 Å². The van der Waals surface area contributed by atoms with Crippen LogP contribution in [0.5, 0.6) is 0 Å². The molecule has 1 aliphatic rings. The zero-order valence-corrected chi connectivity index (χ0v) is 12.2. The lowest BCUT2D eigenvalue weighted by atomic mass is 9.91. The Morgan fingerprint density at radius 3 is 2.65 bits per heavy atom. The predicted octanol–water partition coefficient (Wildman–Crippen LogP) is 4.10. The summed E-state index contributed by atoms with van der Waals surface area (Å²) in [6, 6.07) is 6.73. The number of allylic oxidation sites excluding steroid dienone is 3. The van der Waals surface area contributed by atoms with Gasteiger partial charge in [0.25, 0.3) is 0 Å². The Hall–Kier alpha value is -1.80. The summed E-state index contributed by atoms with van der Waals surface area (Å²) in [7, 11) is 0. The molecule has 1 atom stereocenters. The summed E-state index contributed by atoms with van der Waals surface area (Å²) in [6.07, 6.45) is 9.06. The minimum atomic E-state index is 0.277. The highest BCUT2D eigenvalue weighted by Gasteiger charge is 2.17. The number of aromatic nitrogens is 1. The van der Waals surface area contributed by atoms with Gasteiger partial charge in [-0.15, -0.1) is 0 Å². The van der Waals surface area contributed by atoms with Crippen molar-refractivity contribution in [2.45, 2.75) is 32.6 Å². The molecule has 1 aromatic carbocycles. The van der Waals surface area contributed by atoms with Gasteiger partial charge in [-0.2, -0.15) is 0 Å². The Labute approximate surface area is 120 Å². The van der Waals surface area contributed by atoms with Gasteiger partial charge in [-0.1, -0.05) is 18.2 Å². The fourth-order valence-corrected chi connectivity index (χ4v) is 2.95. The van der Waals surface area contributed by atoms with Gasteiger partial charge in [0.15, 0.2) is 0 Å². The van der Waals surface area contributed by atoms with E-state index in [1.807, 2.05) is 0 Å². The third-order valence-electron chi connectivity index (χ3n) is 4.29. The normalized spacial score (nSPS) is 16.4. The van der Waals surface area contributed by atoms with Crippen molar-refractivity contribution in [3.05, 3.63) is 58.8 Å². The Kier molecular flexibility index (Phi) is 3.49. The van der Waals surface area contributed by atoms with Crippen molar-refractivity contribution in [2.75, 3.05) is 6.54 Å². The maximum atomic E-state index is 6.02. The predicted molar refractivity (Wildman–Crippen MR) is 86.0 cm³/mol. The SMILES string of the molecule is Cc1cc2cc(C(CN)C3=CCCC=C3)[nH]c2cc1C. The van der Waals surface area contributed by atoms with Crippen molar-refractivity contribution >= 4 is 10.9 Å². The minimum absolute atomic E-state index is 0.277. The summed E-state index contributed by atoms with van der Waals surface area (Å²) >= 11 is 0. The first kappa shape index (κ1) is 13.2. The lowest BCUT2D eigenvalue weighted by Gasteiger charge is -2.17. The molecule has 0 aliphatic heterocycles. The van der Waals surface area contributed by atoms with E-state index < -0.39 is 0 Å². The first-order valence-electron chi connectivity index (χ1n) is 7.35. The van der Waals surface area contributed by atoms with Crippen molar-refractivity contribution in [1.29, 1.82) is 0 Å². The summed E-state index contributed by atoms with van der Waals surface area (Å²) in [5.74, 6) is 0.277. The highest BCUT2D eigenvalue weighted by molar-refractivity contribution is 5.82. The van der Waals surface area contributed by atoms with Crippen LogP contribution in [0.4, 0.5) is 0 Å². The van der Waals surface area contributed by atoms with Crippen LogP contribution in [-0.2, 0) is 0 Å². The van der Waals surface area contributed by atoms with Crippen LogP contribution in [-0.4, -0.2) is 11.5 Å². The van der Waals surface area contributed by atoms with Crippen LogP contribution < -0.4 is 5.73 Å². The van der Waals surface area contributed by atoms with Crippen LogP contribution in [0.3, 0.4) is 0 Å². The van der Waals surface area contributed by atoms with Crippen molar-refractivity contribution in [3.8, 4) is 0 Å². The maximum absolute atomic E-state index is 6.02. The van der Waals surface area contributed by atoms with Crippen LogP contribution in [0.15, 0.2) is 42.0 Å². The molecule has 0 amide bonds. The van der Waals surface area contributed by atoms with Crippen molar-refractivity contribution in [2.24, 2.45) is 5.73 Å². The van der Waals surface area contributed by atoms with E-state index in [2.05, 4.69) is 55.3 Å². The quantitative estimate of drug-likeness (QED) is 0.862. The Morgan fingerprint density at radius 2 is 1.95 bits per heavy atom. The van der Waals surface area contributed by atoms with Gasteiger partial charge in [-0.25, -0.2) is 0 Å². The van der Waals surface area contributed by atoms with E-state index in [0.717, 1.165) is 12.8 Å². The molecule has 2 heteroatoms. The zero-order valence-electron chi connectivity index (χ0n) is 12.2. The number of hydrogen-bond donors (Lipinski definition) is 2. The average Bonchev–Trinajstić information content (AvgIpc) is 2.84. The molecule has 0 radical (unpaired) electrons. The highest BCUT2D eigenvalue weighted by atomic mass is 14.7. The Bertz CT molecular complexity index is 650. The number of aryl methyl sites for hydroxylation is 2. The molecule has 3 rings (SSSR count). The van der Waals surface area contributed by atoms with Gasteiger partial charge in [0.05, 0.1) is 0 Å². The first-order valence-corrected chi connectivity index (χ1v) is 7.35. The van der Waals surface area contributed by atoms with Crippen molar-refractivity contribution < 1.29 is 0 Å². The number of nitrogens with two attached hydrogens (primary N) is 1. The molecule has 1 unspecified atom stereocenters. The second-order valence-electron chi connectivity index (χ2n) is 5.72. The van der Waals surface area contributed by atoms with Gasteiger partial charge in [0.2, 0.25) is 0 Å². The van der Waals surface area contributed by atoms with Crippen LogP contribution >= 0.6 is 0 Å². The van der Waals surface area contributed by atoms with Crippen LogP contribution in [0.1, 0.15) is 35.6 Å². The fourth-order valence-electron chi connectivity index (χ4n) is 2.95. The molecule has 104 valence electrons. The summed E-state index contributed by atoms with van der Waals surface area (Å²) < 4.78 is 0. The van der Waals surface area contributed by atoms with E-state index in [0.29, 0.717) is 6.54 Å². The van der Waals surface area contributed by atoms with E-state index in [9.17, 15) is 0 Å². The van der Waals surface area contributed by atoms with Gasteiger partial charge < -0.3 is 10.7 Å². The van der Waals surface area contributed by atoms with Crippen molar-refractivity contribution in [3.63, 3.8) is 0 Å². The first-order chi connectivity index (χ1) is 9.69. The molecule has 0 fully saturated rings. The lowest BCUT2D eigenvalue weighted by Crippen LogP contribution is -2.15. The molecule has 0 spiro atoms. The standard InChI is InChI=1S/C18H22N2/c1-12-8-15-10-18(20-17(15)9-13(12)2)16(11-19)14-6-4-3-5-7-14/h4,6-10,16,20H,3,5,11,19H2,1-2H3. The second-order valence-corrected chi connectivity index (χ2v) is 5.72. The fraction of sp³-hybridized carbons (Fsp3) is 0.333. The number of fused-ring (bicyclic) bond motifs is 1. The largest absolute Gasteiger partial charge is 0.358 e. The third-order valence-corrected chi connectivity index (χ3v) is 4.29. The van der Waals surface area contributed by atoms with Gasteiger partial charge in [0.1, 0.15) is 0 Å².